The van der Waals surface area contributed by atoms with Crippen molar-refractivity contribution in [3.05, 3.63) is 114 Å². The molecule has 0 atom stereocenters. The quantitative estimate of drug-likeness (QED) is 0.309. The highest BCUT2D eigenvalue weighted by Crippen LogP contribution is 2.35. The SMILES string of the molecule is CCCCc1ccc(N2C(=O)C(Nc3cccc4ccccc34)=C(c3ccc(F)cc3)C2=O)cc1. The summed E-state index contributed by atoms with van der Waals surface area (Å²) < 4.78 is 13.6. The second kappa shape index (κ2) is 9.55. The van der Waals surface area contributed by atoms with Crippen molar-refractivity contribution >= 4 is 39.5 Å². The fourth-order valence-electron chi connectivity index (χ4n) is 4.43. The summed E-state index contributed by atoms with van der Waals surface area (Å²) in [6.07, 6.45) is 3.13. The number of benzene rings is 4. The average Bonchev–Trinajstić information content (AvgIpc) is 3.13. The van der Waals surface area contributed by atoms with E-state index in [1.165, 1.54) is 29.2 Å². The predicted octanol–water partition coefficient (Wildman–Crippen LogP) is 6.72. The second-order valence-corrected chi connectivity index (χ2v) is 8.62. The van der Waals surface area contributed by atoms with Crippen molar-refractivity contribution in [1.82, 2.24) is 0 Å². The number of anilines is 2. The van der Waals surface area contributed by atoms with Gasteiger partial charge in [-0.3, -0.25) is 9.59 Å². The maximum atomic E-state index is 13.7. The topological polar surface area (TPSA) is 49.4 Å². The van der Waals surface area contributed by atoms with Gasteiger partial charge in [0, 0.05) is 11.1 Å². The van der Waals surface area contributed by atoms with Crippen molar-refractivity contribution in [3.8, 4) is 0 Å². The molecule has 1 N–H and O–H groups in total. The zero-order valence-corrected chi connectivity index (χ0v) is 19.4. The van der Waals surface area contributed by atoms with Crippen LogP contribution in [0.4, 0.5) is 15.8 Å². The molecule has 0 saturated carbocycles. The molecule has 2 amide bonds. The van der Waals surface area contributed by atoms with E-state index in [1.807, 2.05) is 66.7 Å². The normalized spacial score (nSPS) is 13.7. The molecule has 4 nitrogen and oxygen atoms in total. The van der Waals surface area contributed by atoms with E-state index < -0.39 is 17.6 Å². The number of unbranched alkanes of at least 4 members (excludes halogenated alkanes) is 1. The van der Waals surface area contributed by atoms with Crippen molar-refractivity contribution in [3.63, 3.8) is 0 Å². The van der Waals surface area contributed by atoms with Crippen LogP contribution >= 0.6 is 0 Å². The molecule has 1 aliphatic heterocycles. The van der Waals surface area contributed by atoms with Crippen LogP contribution in [0.25, 0.3) is 16.3 Å². The Kier molecular flexibility index (Phi) is 6.15. The first-order valence-electron chi connectivity index (χ1n) is 11.8. The molecule has 1 aliphatic rings. The van der Waals surface area contributed by atoms with E-state index in [-0.39, 0.29) is 11.3 Å². The molecule has 1 heterocycles. The Morgan fingerprint density at radius 2 is 1.51 bits per heavy atom. The van der Waals surface area contributed by atoms with Crippen LogP contribution in [0.1, 0.15) is 30.9 Å². The largest absolute Gasteiger partial charge is 0.350 e. The molecule has 0 fully saturated rings. The van der Waals surface area contributed by atoms with Gasteiger partial charge < -0.3 is 5.32 Å². The fraction of sp³-hybridized carbons (Fsp3) is 0.133. The van der Waals surface area contributed by atoms with Crippen LogP contribution in [0.5, 0.6) is 0 Å². The monoisotopic (exact) mass is 464 g/mol. The molecule has 174 valence electrons. The molecule has 4 aromatic rings. The first-order valence-corrected chi connectivity index (χ1v) is 11.8. The highest BCUT2D eigenvalue weighted by Gasteiger charge is 2.40. The van der Waals surface area contributed by atoms with Gasteiger partial charge >= 0.3 is 0 Å². The lowest BCUT2D eigenvalue weighted by molar-refractivity contribution is -0.120. The summed E-state index contributed by atoms with van der Waals surface area (Å²) in [5, 5.41) is 5.18. The molecule has 0 spiro atoms. The van der Waals surface area contributed by atoms with Gasteiger partial charge in [-0.1, -0.05) is 74.0 Å². The van der Waals surface area contributed by atoms with Crippen LogP contribution in [0, 0.1) is 5.82 Å². The maximum Gasteiger partial charge on any atom is 0.282 e. The van der Waals surface area contributed by atoms with E-state index in [1.54, 1.807) is 0 Å². The number of nitrogens with zero attached hydrogens (tertiary/aromatic N) is 1. The van der Waals surface area contributed by atoms with Crippen molar-refractivity contribution < 1.29 is 14.0 Å². The lowest BCUT2D eigenvalue weighted by Crippen LogP contribution is -2.32. The van der Waals surface area contributed by atoms with Crippen LogP contribution in [-0.4, -0.2) is 11.8 Å². The summed E-state index contributed by atoms with van der Waals surface area (Å²) in [6, 6.07) is 26.8. The van der Waals surface area contributed by atoms with Gasteiger partial charge in [0.1, 0.15) is 11.5 Å². The molecule has 0 bridgehead atoms. The third-order valence-electron chi connectivity index (χ3n) is 6.28. The highest BCUT2D eigenvalue weighted by atomic mass is 19.1. The van der Waals surface area contributed by atoms with Gasteiger partial charge in [0.15, 0.2) is 0 Å². The van der Waals surface area contributed by atoms with E-state index in [0.29, 0.717) is 11.3 Å². The number of rotatable bonds is 7. The summed E-state index contributed by atoms with van der Waals surface area (Å²) in [4.78, 5) is 28.5. The first-order chi connectivity index (χ1) is 17.1. The Morgan fingerprint density at radius 3 is 2.26 bits per heavy atom. The molecule has 0 aromatic heterocycles. The van der Waals surface area contributed by atoms with E-state index in [4.69, 9.17) is 0 Å². The number of hydrogen-bond acceptors (Lipinski definition) is 3. The van der Waals surface area contributed by atoms with Crippen molar-refractivity contribution in [2.45, 2.75) is 26.2 Å². The lowest BCUT2D eigenvalue weighted by Gasteiger charge is -2.16. The number of hydrogen-bond donors (Lipinski definition) is 1. The van der Waals surface area contributed by atoms with Gasteiger partial charge in [-0.2, -0.15) is 0 Å². The minimum atomic E-state index is -0.441. The molecular formula is C30H25FN2O2. The highest BCUT2D eigenvalue weighted by molar-refractivity contribution is 6.46. The predicted molar refractivity (Wildman–Crippen MR) is 138 cm³/mol. The van der Waals surface area contributed by atoms with E-state index in [0.717, 1.165) is 41.3 Å². The molecule has 0 saturated heterocycles. The second-order valence-electron chi connectivity index (χ2n) is 8.62. The van der Waals surface area contributed by atoms with Crippen molar-refractivity contribution in [1.29, 1.82) is 0 Å². The van der Waals surface area contributed by atoms with E-state index in [9.17, 15) is 14.0 Å². The molecule has 4 aromatic carbocycles. The number of nitrogens with one attached hydrogen (secondary N) is 1. The van der Waals surface area contributed by atoms with Crippen molar-refractivity contribution in [2.24, 2.45) is 0 Å². The number of aryl methyl sites for hydroxylation is 1. The summed E-state index contributed by atoms with van der Waals surface area (Å²) >= 11 is 0. The molecule has 0 unspecified atom stereocenters. The molecule has 35 heavy (non-hydrogen) atoms. The summed E-state index contributed by atoms with van der Waals surface area (Å²) in [6.45, 7) is 2.14. The Labute approximate surface area is 203 Å². The van der Waals surface area contributed by atoms with Gasteiger partial charge in [-0.25, -0.2) is 9.29 Å². The van der Waals surface area contributed by atoms with Gasteiger partial charge in [0.2, 0.25) is 0 Å². The molecule has 5 rings (SSSR count). The van der Waals surface area contributed by atoms with Gasteiger partial charge in [0.25, 0.3) is 11.8 Å². The Morgan fingerprint density at radius 1 is 0.800 bits per heavy atom. The van der Waals surface area contributed by atoms with Crippen LogP contribution < -0.4 is 10.2 Å². The number of imide groups is 1. The fourth-order valence-corrected chi connectivity index (χ4v) is 4.43. The van der Waals surface area contributed by atoms with E-state index >= 15 is 0 Å². The number of carbonyl (C=O) groups excluding carboxylic acids is 2. The summed E-state index contributed by atoms with van der Waals surface area (Å²) in [7, 11) is 0. The van der Waals surface area contributed by atoms with Crippen LogP contribution in [-0.2, 0) is 16.0 Å². The van der Waals surface area contributed by atoms with E-state index in [2.05, 4.69) is 12.2 Å². The maximum absolute atomic E-state index is 13.7. The standard InChI is InChI=1S/C30H25FN2O2/c1-2-3-7-20-12-18-24(19-13-20)33-29(34)27(22-14-16-23(31)17-15-22)28(30(33)35)32-26-11-6-9-21-8-4-5-10-25(21)26/h4-6,8-19,32H,2-3,7H2,1H3. The third kappa shape index (κ3) is 4.33. The molecule has 5 heteroatoms. The number of carbonyl (C=O) groups is 2. The van der Waals surface area contributed by atoms with Gasteiger partial charge in [-0.15, -0.1) is 0 Å². The Balaban J connectivity index is 1.57. The average molecular weight is 465 g/mol. The van der Waals surface area contributed by atoms with Crippen LogP contribution in [0.3, 0.4) is 0 Å². The Bertz CT molecular complexity index is 1430. The Hall–Kier alpha value is -4.25. The first kappa shape index (κ1) is 22.5. The lowest BCUT2D eigenvalue weighted by atomic mass is 10.0. The molecule has 0 radical (unpaired) electrons. The number of fused-ring (bicyclic) bond motifs is 1. The zero-order valence-electron chi connectivity index (χ0n) is 19.4. The van der Waals surface area contributed by atoms with Crippen LogP contribution in [0.15, 0.2) is 96.7 Å². The summed E-state index contributed by atoms with van der Waals surface area (Å²) in [5.41, 5.74) is 3.27. The number of halogens is 1. The molecular weight excluding hydrogens is 439 g/mol. The van der Waals surface area contributed by atoms with Crippen molar-refractivity contribution in [2.75, 3.05) is 10.2 Å². The minimum absolute atomic E-state index is 0.174. The third-order valence-corrected chi connectivity index (χ3v) is 6.28. The number of amides is 2. The minimum Gasteiger partial charge on any atom is -0.350 e. The summed E-state index contributed by atoms with van der Waals surface area (Å²) in [5.74, 6) is -1.29. The smallest absolute Gasteiger partial charge is 0.282 e. The van der Waals surface area contributed by atoms with Crippen LogP contribution in [0.2, 0.25) is 0 Å². The van der Waals surface area contributed by atoms with Gasteiger partial charge in [-0.05, 0) is 59.7 Å². The zero-order chi connectivity index (χ0) is 24.4. The molecule has 0 aliphatic carbocycles. The van der Waals surface area contributed by atoms with Gasteiger partial charge in [0.05, 0.1) is 11.3 Å².